The van der Waals surface area contributed by atoms with E-state index in [9.17, 15) is 14.4 Å². The summed E-state index contributed by atoms with van der Waals surface area (Å²) in [6.45, 7) is 0.730. The third kappa shape index (κ3) is 8.57. The molecule has 0 heterocycles. The number of anilines is 1. The predicted molar refractivity (Wildman–Crippen MR) is 177 cm³/mol. The fourth-order valence-electron chi connectivity index (χ4n) is 5.13. The minimum absolute atomic E-state index is 0.0181. The Morgan fingerprint density at radius 1 is 0.733 bits per heavy atom. The molecule has 5 aromatic carbocycles. The molecule has 0 aromatic heterocycles. The highest BCUT2D eigenvalue weighted by Gasteiger charge is 2.22. The Labute approximate surface area is 263 Å². The van der Waals surface area contributed by atoms with Crippen LogP contribution in [0.1, 0.15) is 33.5 Å². The molecule has 5 aromatic rings. The van der Waals surface area contributed by atoms with Crippen LogP contribution in [0.15, 0.2) is 121 Å². The first-order valence-corrected chi connectivity index (χ1v) is 15.0. The Bertz CT molecular complexity index is 1750. The zero-order valence-electron chi connectivity index (χ0n) is 25.2. The summed E-state index contributed by atoms with van der Waals surface area (Å²) in [6, 6.07) is 37.4. The zero-order valence-corrected chi connectivity index (χ0v) is 25.2. The van der Waals surface area contributed by atoms with E-state index in [0.29, 0.717) is 55.0 Å². The summed E-state index contributed by atoms with van der Waals surface area (Å²) in [6.07, 6.45) is 1.43. The lowest BCUT2D eigenvalue weighted by atomic mass is 10.00. The van der Waals surface area contributed by atoms with Crippen LogP contribution in [0.3, 0.4) is 0 Å². The predicted octanol–water partition coefficient (Wildman–Crippen LogP) is 6.39. The molecule has 0 spiro atoms. The number of ether oxygens (including phenoxy) is 2. The monoisotopic (exact) mass is 600 g/mol. The number of hydrogen-bond acceptors (Lipinski definition) is 6. The highest BCUT2D eigenvalue weighted by Crippen LogP contribution is 2.22. The van der Waals surface area contributed by atoms with Crippen molar-refractivity contribution in [2.75, 3.05) is 25.6 Å². The van der Waals surface area contributed by atoms with Crippen LogP contribution in [-0.2, 0) is 27.2 Å². The number of benzene rings is 5. The molecule has 7 nitrogen and oxygen atoms in total. The molecule has 7 heteroatoms. The van der Waals surface area contributed by atoms with Crippen molar-refractivity contribution >= 4 is 34.1 Å². The third-order valence-corrected chi connectivity index (χ3v) is 7.53. The lowest BCUT2D eigenvalue weighted by Gasteiger charge is -2.20. The molecule has 1 atom stereocenters. The van der Waals surface area contributed by atoms with Crippen molar-refractivity contribution in [1.82, 2.24) is 5.32 Å². The van der Waals surface area contributed by atoms with Gasteiger partial charge >= 0.3 is 5.97 Å². The average Bonchev–Trinajstić information content (AvgIpc) is 3.09. The summed E-state index contributed by atoms with van der Waals surface area (Å²) >= 11 is 0. The van der Waals surface area contributed by atoms with Gasteiger partial charge < -0.3 is 20.1 Å². The van der Waals surface area contributed by atoms with Crippen LogP contribution < -0.4 is 15.4 Å². The summed E-state index contributed by atoms with van der Waals surface area (Å²) in [4.78, 5) is 38.2. The van der Waals surface area contributed by atoms with Gasteiger partial charge in [-0.15, -0.1) is 0 Å². The quantitative estimate of drug-likeness (QED) is 0.0871. The number of carbonyl (C=O) groups is 3. The second kappa shape index (κ2) is 15.3. The lowest BCUT2D eigenvalue weighted by molar-refractivity contribution is -0.141. The standard InChI is InChI=1S/C38H36N2O5/c1-44-38(43)35(40-34-14-8-7-13-33(34)37(42)30-10-3-2-4-11-30)26-28-16-20-32(21-17-28)45-24-23-39-36(41)22-18-27-15-19-29-9-5-6-12-31(29)25-27/h2-17,19-21,25,35,40H,18,22-24,26H2,1H3,(H,39,41)/t35-/m0/s1. The maximum Gasteiger partial charge on any atom is 0.328 e. The van der Waals surface area contributed by atoms with Crippen molar-refractivity contribution in [2.45, 2.75) is 25.3 Å². The van der Waals surface area contributed by atoms with Crippen molar-refractivity contribution in [3.8, 4) is 5.75 Å². The summed E-state index contributed by atoms with van der Waals surface area (Å²) in [5, 5.41) is 8.50. The number of aryl methyl sites for hydroxylation is 1. The van der Waals surface area contributed by atoms with Crippen LogP contribution >= 0.6 is 0 Å². The van der Waals surface area contributed by atoms with E-state index in [-0.39, 0.29) is 11.7 Å². The molecule has 0 unspecified atom stereocenters. The molecule has 5 rings (SSSR count). The molecule has 0 bridgehead atoms. The SMILES string of the molecule is COC(=O)[C@H](Cc1ccc(OCCNC(=O)CCc2ccc3ccccc3c2)cc1)Nc1ccccc1C(=O)c1ccccc1. The van der Waals surface area contributed by atoms with Gasteiger partial charge in [0.25, 0.3) is 0 Å². The van der Waals surface area contributed by atoms with Gasteiger partial charge in [0.15, 0.2) is 5.78 Å². The van der Waals surface area contributed by atoms with Gasteiger partial charge in [0.2, 0.25) is 5.91 Å². The largest absolute Gasteiger partial charge is 0.492 e. The van der Waals surface area contributed by atoms with Crippen molar-refractivity contribution in [3.05, 3.63) is 144 Å². The highest BCUT2D eigenvalue weighted by atomic mass is 16.5. The van der Waals surface area contributed by atoms with E-state index in [2.05, 4.69) is 41.0 Å². The van der Waals surface area contributed by atoms with Crippen molar-refractivity contribution in [1.29, 1.82) is 0 Å². The molecular formula is C38H36N2O5. The number of rotatable bonds is 14. The number of carbonyl (C=O) groups excluding carboxylic acids is 3. The number of para-hydroxylation sites is 1. The average molecular weight is 601 g/mol. The first kappa shape index (κ1) is 31.0. The molecule has 0 aliphatic carbocycles. The minimum atomic E-state index is -0.712. The second-order valence-corrected chi connectivity index (χ2v) is 10.7. The Balaban J connectivity index is 1.10. The van der Waals surface area contributed by atoms with E-state index in [1.165, 1.54) is 17.9 Å². The fourth-order valence-corrected chi connectivity index (χ4v) is 5.13. The van der Waals surface area contributed by atoms with Crippen LogP contribution in [0.4, 0.5) is 5.69 Å². The molecule has 0 aliphatic rings. The maximum absolute atomic E-state index is 13.2. The first-order chi connectivity index (χ1) is 22.0. The molecule has 228 valence electrons. The molecule has 0 saturated heterocycles. The Hall–Kier alpha value is -5.43. The van der Waals surface area contributed by atoms with E-state index in [1.807, 2.05) is 60.7 Å². The van der Waals surface area contributed by atoms with E-state index in [1.54, 1.807) is 30.3 Å². The highest BCUT2D eigenvalue weighted by molar-refractivity contribution is 6.12. The minimum Gasteiger partial charge on any atom is -0.492 e. The van der Waals surface area contributed by atoms with E-state index in [4.69, 9.17) is 9.47 Å². The van der Waals surface area contributed by atoms with Gasteiger partial charge in [0.1, 0.15) is 18.4 Å². The molecule has 2 N–H and O–H groups in total. The maximum atomic E-state index is 13.2. The number of nitrogens with one attached hydrogen (secondary N) is 2. The summed E-state index contributed by atoms with van der Waals surface area (Å²) in [5.74, 6) is 0.0691. The van der Waals surface area contributed by atoms with Gasteiger partial charge in [0.05, 0.1) is 13.7 Å². The van der Waals surface area contributed by atoms with Crippen molar-refractivity contribution < 1.29 is 23.9 Å². The summed E-state index contributed by atoms with van der Waals surface area (Å²) in [7, 11) is 1.34. The van der Waals surface area contributed by atoms with Gasteiger partial charge in [-0.25, -0.2) is 4.79 Å². The van der Waals surface area contributed by atoms with Gasteiger partial charge in [-0.2, -0.15) is 0 Å². The molecule has 0 fully saturated rings. The van der Waals surface area contributed by atoms with Gasteiger partial charge in [-0.3, -0.25) is 9.59 Å². The van der Waals surface area contributed by atoms with Gasteiger partial charge in [0, 0.05) is 29.7 Å². The van der Waals surface area contributed by atoms with Gasteiger partial charge in [-0.1, -0.05) is 97.1 Å². The first-order valence-electron chi connectivity index (χ1n) is 15.0. The molecule has 45 heavy (non-hydrogen) atoms. The Kier molecular flexibility index (Phi) is 10.6. The van der Waals surface area contributed by atoms with Crippen LogP contribution in [0.5, 0.6) is 5.75 Å². The summed E-state index contributed by atoms with van der Waals surface area (Å²) < 4.78 is 10.9. The van der Waals surface area contributed by atoms with Crippen molar-refractivity contribution in [3.63, 3.8) is 0 Å². The number of amides is 1. The van der Waals surface area contributed by atoms with Crippen LogP contribution in [0.2, 0.25) is 0 Å². The Morgan fingerprint density at radius 3 is 2.20 bits per heavy atom. The van der Waals surface area contributed by atoms with Crippen LogP contribution in [0.25, 0.3) is 10.8 Å². The van der Waals surface area contributed by atoms with E-state index >= 15 is 0 Å². The normalized spacial score (nSPS) is 11.4. The molecule has 0 radical (unpaired) electrons. The Morgan fingerprint density at radius 2 is 1.42 bits per heavy atom. The molecule has 1 amide bonds. The van der Waals surface area contributed by atoms with E-state index in [0.717, 1.165) is 11.1 Å². The topological polar surface area (TPSA) is 93.7 Å². The fraction of sp³-hybridized carbons (Fsp3) is 0.184. The zero-order chi connectivity index (χ0) is 31.4. The van der Waals surface area contributed by atoms with Crippen molar-refractivity contribution in [2.24, 2.45) is 0 Å². The lowest BCUT2D eigenvalue weighted by Crippen LogP contribution is -2.33. The molecule has 0 aliphatic heterocycles. The molecule has 0 saturated carbocycles. The second-order valence-electron chi connectivity index (χ2n) is 10.7. The number of ketones is 1. The number of esters is 1. The summed E-state index contributed by atoms with van der Waals surface area (Å²) in [5.41, 5.74) is 3.62. The smallest absolute Gasteiger partial charge is 0.328 e. The van der Waals surface area contributed by atoms with E-state index < -0.39 is 12.0 Å². The third-order valence-electron chi connectivity index (χ3n) is 7.53. The van der Waals surface area contributed by atoms with Crippen LogP contribution in [0, 0.1) is 0 Å². The number of hydrogen-bond donors (Lipinski definition) is 2. The van der Waals surface area contributed by atoms with Gasteiger partial charge in [-0.05, 0) is 52.6 Å². The number of fused-ring (bicyclic) bond motifs is 1. The van der Waals surface area contributed by atoms with Crippen LogP contribution in [-0.4, -0.2) is 44.0 Å². The molecular weight excluding hydrogens is 564 g/mol. The number of methoxy groups -OCH3 is 1.